The molecule has 1 aliphatic rings. The Balaban J connectivity index is 2.20. The van der Waals surface area contributed by atoms with Crippen molar-refractivity contribution >= 4 is 11.7 Å². The number of likely N-dealkylation sites (tertiary alicyclic amines) is 1. The van der Waals surface area contributed by atoms with E-state index in [0.29, 0.717) is 23.2 Å². The highest BCUT2D eigenvalue weighted by Crippen LogP contribution is 2.25. The molecule has 0 saturated carbocycles. The van der Waals surface area contributed by atoms with E-state index in [0.717, 1.165) is 13.1 Å². The molecule has 4 nitrogen and oxygen atoms in total. The van der Waals surface area contributed by atoms with Gasteiger partial charge < -0.3 is 10.2 Å². The van der Waals surface area contributed by atoms with Gasteiger partial charge in [-0.2, -0.15) is 0 Å². The fourth-order valence-electron chi connectivity index (χ4n) is 2.24. The van der Waals surface area contributed by atoms with E-state index in [-0.39, 0.29) is 5.91 Å². The SMILES string of the molecule is CNc1ncccc1C(=O)N1CC(C)C(C)C1. The van der Waals surface area contributed by atoms with Crippen LogP contribution in [0.1, 0.15) is 24.2 Å². The van der Waals surface area contributed by atoms with Crippen LogP contribution >= 0.6 is 0 Å². The number of rotatable bonds is 2. The van der Waals surface area contributed by atoms with E-state index in [1.54, 1.807) is 19.3 Å². The van der Waals surface area contributed by atoms with E-state index in [4.69, 9.17) is 0 Å². The average molecular weight is 233 g/mol. The maximum atomic E-state index is 12.4. The molecular formula is C13H19N3O. The number of nitrogens with zero attached hydrogens (tertiary/aromatic N) is 2. The maximum Gasteiger partial charge on any atom is 0.257 e. The van der Waals surface area contributed by atoms with Crippen molar-refractivity contribution < 1.29 is 4.79 Å². The molecule has 0 radical (unpaired) electrons. The predicted octanol–water partition coefficient (Wildman–Crippen LogP) is 1.85. The summed E-state index contributed by atoms with van der Waals surface area (Å²) in [4.78, 5) is 18.5. The molecule has 0 bridgehead atoms. The van der Waals surface area contributed by atoms with Crippen LogP contribution < -0.4 is 5.32 Å². The van der Waals surface area contributed by atoms with Gasteiger partial charge in [0.15, 0.2) is 0 Å². The fourth-order valence-corrected chi connectivity index (χ4v) is 2.24. The topological polar surface area (TPSA) is 45.2 Å². The predicted molar refractivity (Wildman–Crippen MR) is 68.0 cm³/mol. The van der Waals surface area contributed by atoms with Crippen molar-refractivity contribution in [2.75, 3.05) is 25.5 Å². The second-order valence-corrected chi connectivity index (χ2v) is 4.81. The lowest BCUT2D eigenvalue weighted by molar-refractivity contribution is 0.0785. The monoisotopic (exact) mass is 233 g/mol. The molecule has 1 fully saturated rings. The lowest BCUT2D eigenvalue weighted by atomic mass is 10.0. The van der Waals surface area contributed by atoms with Gasteiger partial charge in [0.05, 0.1) is 5.56 Å². The van der Waals surface area contributed by atoms with Crippen LogP contribution in [0.5, 0.6) is 0 Å². The van der Waals surface area contributed by atoms with E-state index in [1.807, 2.05) is 11.0 Å². The molecular weight excluding hydrogens is 214 g/mol. The molecule has 4 heteroatoms. The molecule has 2 rings (SSSR count). The number of pyridine rings is 1. The Morgan fingerprint density at radius 1 is 1.41 bits per heavy atom. The highest BCUT2D eigenvalue weighted by atomic mass is 16.2. The zero-order valence-electron chi connectivity index (χ0n) is 10.6. The molecule has 1 N–H and O–H groups in total. The largest absolute Gasteiger partial charge is 0.372 e. The molecule has 0 aromatic carbocycles. The normalized spacial score (nSPS) is 23.8. The number of carbonyl (C=O) groups is 1. The van der Waals surface area contributed by atoms with E-state index in [2.05, 4.69) is 24.1 Å². The summed E-state index contributed by atoms with van der Waals surface area (Å²) in [5.41, 5.74) is 0.663. The first-order chi connectivity index (χ1) is 8.13. The van der Waals surface area contributed by atoms with Crippen molar-refractivity contribution in [3.05, 3.63) is 23.9 Å². The summed E-state index contributed by atoms with van der Waals surface area (Å²) in [5.74, 6) is 1.89. The molecule has 1 aromatic rings. The van der Waals surface area contributed by atoms with Crippen LogP contribution in [0.3, 0.4) is 0 Å². The summed E-state index contributed by atoms with van der Waals surface area (Å²) in [5, 5.41) is 2.96. The summed E-state index contributed by atoms with van der Waals surface area (Å²) in [6.07, 6.45) is 1.69. The Morgan fingerprint density at radius 2 is 2.06 bits per heavy atom. The molecule has 0 spiro atoms. The maximum absolute atomic E-state index is 12.4. The molecule has 0 aliphatic carbocycles. The highest BCUT2D eigenvalue weighted by Gasteiger charge is 2.30. The molecule has 2 unspecified atom stereocenters. The van der Waals surface area contributed by atoms with Gasteiger partial charge in [-0.15, -0.1) is 0 Å². The number of aromatic nitrogens is 1. The van der Waals surface area contributed by atoms with Crippen LogP contribution in [0, 0.1) is 11.8 Å². The van der Waals surface area contributed by atoms with Crippen molar-refractivity contribution in [2.45, 2.75) is 13.8 Å². The van der Waals surface area contributed by atoms with Crippen LogP contribution in [0.15, 0.2) is 18.3 Å². The summed E-state index contributed by atoms with van der Waals surface area (Å²) >= 11 is 0. The number of amides is 1. The molecule has 17 heavy (non-hydrogen) atoms. The Hall–Kier alpha value is -1.58. The smallest absolute Gasteiger partial charge is 0.257 e. The number of carbonyl (C=O) groups excluding carboxylic acids is 1. The lowest BCUT2D eigenvalue weighted by Crippen LogP contribution is -2.29. The zero-order valence-corrected chi connectivity index (χ0v) is 10.6. The molecule has 1 aromatic heterocycles. The highest BCUT2D eigenvalue weighted by molar-refractivity contribution is 5.98. The number of hydrogen-bond donors (Lipinski definition) is 1. The van der Waals surface area contributed by atoms with Crippen LogP contribution in [0.4, 0.5) is 5.82 Å². The van der Waals surface area contributed by atoms with Crippen molar-refractivity contribution in [1.82, 2.24) is 9.88 Å². The van der Waals surface area contributed by atoms with Gasteiger partial charge in [0, 0.05) is 26.3 Å². The molecule has 2 atom stereocenters. The second-order valence-electron chi connectivity index (χ2n) is 4.81. The van der Waals surface area contributed by atoms with Gasteiger partial charge >= 0.3 is 0 Å². The second kappa shape index (κ2) is 4.73. The molecule has 1 saturated heterocycles. The van der Waals surface area contributed by atoms with Crippen LogP contribution in [-0.4, -0.2) is 35.9 Å². The van der Waals surface area contributed by atoms with Crippen molar-refractivity contribution in [3.8, 4) is 0 Å². The molecule has 92 valence electrons. The minimum Gasteiger partial charge on any atom is -0.372 e. The van der Waals surface area contributed by atoms with E-state index in [9.17, 15) is 4.79 Å². The van der Waals surface area contributed by atoms with Gasteiger partial charge in [-0.1, -0.05) is 13.8 Å². The number of anilines is 1. The van der Waals surface area contributed by atoms with Gasteiger partial charge in [-0.05, 0) is 24.0 Å². The Morgan fingerprint density at radius 3 is 2.65 bits per heavy atom. The Bertz CT molecular complexity index is 409. The summed E-state index contributed by atoms with van der Waals surface area (Å²) in [6.45, 7) is 6.08. The first-order valence-electron chi connectivity index (χ1n) is 6.05. The van der Waals surface area contributed by atoms with E-state index >= 15 is 0 Å². The van der Waals surface area contributed by atoms with Crippen LogP contribution in [0.2, 0.25) is 0 Å². The Labute approximate surface area is 102 Å². The Kier molecular flexibility index (Phi) is 3.31. The van der Waals surface area contributed by atoms with E-state index in [1.165, 1.54) is 0 Å². The van der Waals surface area contributed by atoms with Crippen molar-refractivity contribution in [2.24, 2.45) is 11.8 Å². The van der Waals surface area contributed by atoms with Crippen LogP contribution in [0.25, 0.3) is 0 Å². The number of hydrogen-bond acceptors (Lipinski definition) is 3. The number of nitrogens with one attached hydrogen (secondary N) is 1. The first-order valence-corrected chi connectivity index (χ1v) is 6.05. The first kappa shape index (κ1) is 11.9. The third-order valence-electron chi connectivity index (χ3n) is 3.55. The van der Waals surface area contributed by atoms with Gasteiger partial charge in [0.1, 0.15) is 5.82 Å². The third-order valence-corrected chi connectivity index (χ3v) is 3.55. The zero-order chi connectivity index (χ0) is 12.4. The quantitative estimate of drug-likeness (QED) is 0.848. The fraction of sp³-hybridized carbons (Fsp3) is 0.538. The van der Waals surface area contributed by atoms with Gasteiger partial charge in [-0.3, -0.25) is 4.79 Å². The minimum atomic E-state index is 0.0821. The van der Waals surface area contributed by atoms with Gasteiger partial charge in [0.2, 0.25) is 0 Å². The average Bonchev–Trinajstić information content (AvgIpc) is 2.68. The summed E-state index contributed by atoms with van der Waals surface area (Å²) in [7, 11) is 1.79. The summed E-state index contributed by atoms with van der Waals surface area (Å²) < 4.78 is 0. The van der Waals surface area contributed by atoms with Gasteiger partial charge in [-0.25, -0.2) is 4.98 Å². The summed E-state index contributed by atoms with van der Waals surface area (Å²) in [6, 6.07) is 3.63. The van der Waals surface area contributed by atoms with Crippen molar-refractivity contribution in [3.63, 3.8) is 0 Å². The lowest BCUT2D eigenvalue weighted by Gasteiger charge is -2.17. The molecule has 1 amide bonds. The molecule has 1 aliphatic heterocycles. The van der Waals surface area contributed by atoms with Gasteiger partial charge in [0.25, 0.3) is 5.91 Å². The van der Waals surface area contributed by atoms with Crippen molar-refractivity contribution in [1.29, 1.82) is 0 Å². The molecule has 2 heterocycles. The van der Waals surface area contributed by atoms with E-state index < -0.39 is 0 Å². The minimum absolute atomic E-state index is 0.0821. The third kappa shape index (κ3) is 2.25. The standard InChI is InChI=1S/C13H19N3O/c1-9-7-16(8-10(9)2)13(17)11-5-4-6-15-12(11)14-3/h4-6,9-10H,7-8H2,1-3H3,(H,14,15). The van der Waals surface area contributed by atoms with Crippen LogP contribution in [-0.2, 0) is 0 Å².